The Morgan fingerprint density at radius 1 is 1.12 bits per heavy atom. The second-order valence-corrected chi connectivity index (χ2v) is 6.26. The van der Waals surface area contributed by atoms with Crippen molar-refractivity contribution in [3.63, 3.8) is 0 Å². The van der Waals surface area contributed by atoms with Crippen LogP contribution in [0.25, 0.3) is 11.0 Å². The molecule has 0 radical (unpaired) electrons. The number of methoxy groups -OCH3 is 1. The molecule has 8 nitrogen and oxygen atoms in total. The number of H-pyrrole nitrogens is 1. The molecule has 1 aliphatic rings. The van der Waals surface area contributed by atoms with E-state index in [0.717, 1.165) is 54.3 Å². The number of hydrogen-bond donors (Lipinski definition) is 2. The number of nitrogens with zero attached hydrogens (tertiary/aromatic N) is 5. The van der Waals surface area contributed by atoms with Gasteiger partial charge in [-0.15, -0.1) is 0 Å². The third-order valence-electron chi connectivity index (χ3n) is 4.53. The lowest BCUT2D eigenvalue weighted by atomic mass is 10.0. The van der Waals surface area contributed by atoms with Gasteiger partial charge in [0.15, 0.2) is 5.82 Å². The Kier molecular flexibility index (Phi) is 4.09. The van der Waals surface area contributed by atoms with Crippen molar-refractivity contribution < 1.29 is 4.74 Å². The van der Waals surface area contributed by atoms with Gasteiger partial charge in [-0.25, -0.2) is 19.9 Å². The summed E-state index contributed by atoms with van der Waals surface area (Å²) >= 11 is 0. The number of rotatable bonds is 4. The minimum absolute atomic E-state index is 0.374. The summed E-state index contributed by atoms with van der Waals surface area (Å²) in [6, 6.07) is 4.25. The monoisotopic (exact) mass is 339 g/mol. The molecule has 25 heavy (non-hydrogen) atoms. The van der Waals surface area contributed by atoms with Crippen LogP contribution in [0.3, 0.4) is 0 Å². The van der Waals surface area contributed by atoms with Gasteiger partial charge in [-0.2, -0.15) is 0 Å². The number of hydrogen-bond acceptors (Lipinski definition) is 7. The second-order valence-electron chi connectivity index (χ2n) is 6.26. The first-order valence-corrected chi connectivity index (χ1v) is 8.41. The number of nitrogens with one attached hydrogen (secondary N) is 2. The van der Waals surface area contributed by atoms with E-state index >= 15 is 0 Å². The molecule has 4 heterocycles. The Labute approximate surface area is 145 Å². The number of aromatic amines is 1. The van der Waals surface area contributed by atoms with E-state index in [4.69, 9.17) is 4.74 Å². The normalized spacial score (nSPS) is 15.5. The van der Waals surface area contributed by atoms with Crippen LogP contribution < -0.4 is 15.0 Å². The molecule has 0 amide bonds. The lowest BCUT2D eigenvalue weighted by molar-refractivity contribution is 0.397. The summed E-state index contributed by atoms with van der Waals surface area (Å²) in [6.45, 7) is 3.91. The smallest absolute Gasteiger partial charge is 0.218 e. The number of fused-ring (bicyclic) bond motifs is 1. The third-order valence-corrected chi connectivity index (χ3v) is 4.53. The molecular formula is C17H21N7O. The molecule has 3 aromatic rings. The molecule has 0 atom stereocenters. The molecule has 0 unspecified atom stereocenters. The van der Waals surface area contributed by atoms with Crippen LogP contribution >= 0.6 is 0 Å². The fourth-order valence-corrected chi connectivity index (χ4v) is 3.27. The third kappa shape index (κ3) is 3.19. The van der Waals surface area contributed by atoms with Crippen LogP contribution in [-0.2, 0) is 0 Å². The van der Waals surface area contributed by atoms with Gasteiger partial charge in [0.2, 0.25) is 5.88 Å². The average molecular weight is 339 g/mol. The van der Waals surface area contributed by atoms with Gasteiger partial charge < -0.3 is 19.9 Å². The fourth-order valence-electron chi connectivity index (χ4n) is 3.27. The molecule has 0 saturated carbocycles. The molecule has 4 rings (SSSR count). The van der Waals surface area contributed by atoms with Crippen molar-refractivity contribution in [1.29, 1.82) is 0 Å². The lowest BCUT2D eigenvalue weighted by Crippen LogP contribution is -2.39. The van der Waals surface area contributed by atoms with E-state index in [-0.39, 0.29) is 0 Å². The maximum Gasteiger partial charge on any atom is 0.218 e. The summed E-state index contributed by atoms with van der Waals surface area (Å²) in [5.41, 5.74) is 3.09. The lowest BCUT2D eigenvalue weighted by Gasteiger charge is -2.33. The molecule has 130 valence electrons. The van der Waals surface area contributed by atoms with Crippen molar-refractivity contribution >= 4 is 22.7 Å². The van der Waals surface area contributed by atoms with Crippen LogP contribution in [0.2, 0.25) is 0 Å². The Bertz CT molecular complexity index is 870. The summed E-state index contributed by atoms with van der Waals surface area (Å²) in [6.07, 6.45) is 5.18. The van der Waals surface area contributed by atoms with Gasteiger partial charge in [-0.1, -0.05) is 0 Å². The highest BCUT2D eigenvalue weighted by Gasteiger charge is 2.22. The van der Waals surface area contributed by atoms with E-state index in [0.29, 0.717) is 11.9 Å². The predicted octanol–water partition coefficient (Wildman–Crippen LogP) is 2.15. The topological polar surface area (TPSA) is 91.8 Å². The number of aromatic nitrogens is 5. The van der Waals surface area contributed by atoms with Crippen LogP contribution in [0.15, 0.2) is 24.8 Å². The molecule has 8 heteroatoms. The van der Waals surface area contributed by atoms with E-state index in [2.05, 4.69) is 41.2 Å². The van der Waals surface area contributed by atoms with Gasteiger partial charge >= 0.3 is 0 Å². The first-order valence-electron chi connectivity index (χ1n) is 8.41. The molecule has 1 fully saturated rings. The standard InChI is InChI=1S/C17H21N7O/c1-11-7-13-16(22-11)17(21-9-18-13)24-5-3-12(4-6-24)23-14-8-15(25-2)20-10-19-14/h7-10,12,22H,3-6H2,1-2H3,(H,19,20,23). The van der Waals surface area contributed by atoms with Crippen LogP contribution in [0, 0.1) is 6.92 Å². The van der Waals surface area contributed by atoms with E-state index in [1.54, 1.807) is 13.4 Å². The minimum Gasteiger partial charge on any atom is -0.481 e. The number of ether oxygens (including phenoxy) is 1. The quantitative estimate of drug-likeness (QED) is 0.752. The first-order chi connectivity index (χ1) is 12.2. The van der Waals surface area contributed by atoms with Gasteiger partial charge in [-0.3, -0.25) is 0 Å². The molecule has 0 aromatic carbocycles. The molecule has 3 aromatic heterocycles. The van der Waals surface area contributed by atoms with E-state index in [1.807, 2.05) is 13.0 Å². The van der Waals surface area contributed by atoms with Gasteiger partial charge in [0.25, 0.3) is 0 Å². The van der Waals surface area contributed by atoms with Crippen LogP contribution in [0.1, 0.15) is 18.5 Å². The zero-order valence-corrected chi connectivity index (χ0v) is 14.4. The Hall–Kier alpha value is -2.90. The van der Waals surface area contributed by atoms with Crippen molar-refractivity contribution in [2.45, 2.75) is 25.8 Å². The van der Waals surface area contributed by atoms with E-state index < -0.39 is 0 Å². The molecular weight excluding hydrogens is 318 g/mol. The van der Waals surface area contributed by atoms with Crippen molar-refractivity contribution in [2.75, 3.05) is 30.4 Å². The highest BCUT2D eigenvalue weighted by molar-refractivity contribution is 5.86. The molecule has 0 bridgehead atoms. The van der Waals surface area contributed by atoms with E-state index in [9.17, 15) is 0 Å². The highest BCUT2D eigenvalue weighted by atomic mass is 16.5. The molecule has 0 aliphatic carbocycles. The van der Waals surface area contributed by atoms with Gasteiger partial charge in [0.1, 0.15) is 24.0 Å². The van der Waals surface area contributed by atoms with Gasteiger partial charge in [-0.05, 0) is 25.8 Å². The predicted molar refractivity (Wildman–Crippen MR) is 96.1 cm³/mol. The Morgan fingerprint density at radius 3 is 2.72 bits per heavy atom. The highest BCUT2D eigenvalue weighted by Crippen LogP contribution is 2.26. The largest absolute Gasteiger partial charge is 0.481 e. The number of aryl methyl sites for hydroxylation is 1. The van der Waals surface area contributed by atoms with Crippen molar-refractivity contribution in [2.24, 2.45) is 0 Å². The summed E-state index contributed by atoms with van der Waals surface area (Å²) in [7, 11) is 1.61. The van der Waals surface area contributed by atoms with Crippen LogP contribution in [0.4, 0.5) is 11.6 Å². The maximum absolute atomic E-state index is 5.14. The van der Waals surface area contributed by atoms with E-state index in [1.165, 1.54) is 6.33 Å². The zero-order valence-electron chi connectivity index (χ0n) is 14.4. The van der Waals surface area contributed by atoms with Crippen molar-refractivity contribution in [1.82, 2.24) is 24.9 Å². The van der Waals surface area contributed by atoms with Gasteiger partial charge in [0, 0.05) is 30.9 Å². The molecule has 1 aliphatic heterocycles. The Morgan fingerprint density at radius 2 is 1.92 bits per heavy atom. The van der Waals surface area contributed by atoms with Gasteiger partial charge in [0.05, 0.1) is 12.6 Å². The summed E-state index contributed by atoms with van der Waals surface area (Å²) in [4.78, 5) is 22.8. The number of anilines is 2. The molecule has 2 N–H and O–H groups in total. The SMILES string of the molecule is COc1cc(NC2CCN(c3ncnc4cc(C)[nH]c34)CC2)ncn1. The summed E-state index contributed by atoms with van der Waals surface area (Å²) < 4.78 is 5.14. The second kappa shape index (κ2) is 6.54. The zero-order chi connectivity index (χ0) is 17.2. The summed E-state index contributed by atoms with van der Waals surface area (Å²) in [5, 5.41) is 3.47. The Balaban J connectivity index is 1.44. The van der Waals surface area contributed by atoms with Crippen molar-refractivity contribution in [3.05, 3.63) is 30.5 Å². The summed E-state index contributed by atoms with van der Waals surface area (Å²) in [5.74, 6) is 2.36. The minimum atomic E-state index is 0.374. The number of piperidine rings is 1. The maximum atomic E-state index is 5.14. The first kappa shape index (κ1) is 15.6. The van der Waals surface area contributed by atoms with Crippen LogP contribution in [0.5, 0.6) is 5.88 Å². The fraction of sp³-hybridized carbons (Fsp3) is 0.412. The average Bonchev–Trinajstić information content (AvgIpc) is 3.03. The van der Waals surface area contributed by atoms with Crippen molar-refractivity contribution in [3.8, 4) is 5.88 Å². The molecule has 0 spiro atoms. The van der Waals surface area contributed by atoms with Crippen LogP contribution in [-0.4, -0.2) is 51.2 Å². The molecule has 1 saturated heterocycles.